The van der Waals surface area contributed by atoms with Gasteiger partial charge in [-0.05, 0) is 13.0 Å². The van der Waals surface area contributed by atoms with E-state index >= 15 is 0 Å². The summed E-state index contributed by atoms with van der Waals surface area (Å²) in [6, 6.07) is 0. The molecule has 0 radical (unpaired) electrons. The summed E-state index contributed by atoms with van der Waals surface area (Å²) >= 11 is 0. The third kappa shape index (κ3) is 27.5. The van der Waals surface area contributed by atoms with Crippen molar-refractivity contribution in [2.24, 2.45) is 0 Å². The van der Waals surface area contributed by atoms with Crippen molar-refractivity contribution in [1.82, 2.24) is 10.2 Å². The number of piperazine rings is 1. The van der Waals surface area contributed by atoms with Crippen molar-refractivity contribution in [1.29, 1.82) is 0 Å². The van der Waals surface area contributed by atoms with Crippen LogP contribution < -0.4 is 5.32 Å². The summed E-state index contributed by atoms with van der Waals surface area (Å²) in [5, 5.41) is 3.45. The normalized spacial score (nSPS) is 14.4. The highest BCUT2D eigenvalue weighted by Crippen LogP contribution is 2.16. The van der Waals surface area contributed by atoms with Crippen LogP contribution in [0.4, 0.5) is 0 Å². The molecule has 0 aliphatic carbocycles. The molecule has 0 atom stereocenters. The van der Waals surface area contributed by atoms with Crippen molar-refractivity contribution >= 4 is 0 Å². The molecule has 1 aliphatic rings. The van der Waals surface area contributed by atoms with Gasteiger partial charge in [0.25, 0.3) is 0 Å². The molecule has 1 aliphatic heterocycles. The third-order valence-corrected chi connectivity index (χ3v) is 9.04. The molecule has 0 saturated carbocycles. The number of nitrogens with one attached hydrogen (secondary N) is 1. The lowest BCUT2D eigenvalue weighted by Crippen LogP contribution is -2.43. The maximum absolute atomic E-state index is 3.45. The van der Waals surface area contributed by atoms with Crippen molar-refractivity contribution < 1.29 is 0 Å². The molecule has 0 aromatic rings. The van der Waals surface area contributed by atoms with Crippen LogP contribution in [0.1, 0.15) is 200 Å². The van der Waals surface area contributed by atoms with E-state index in [-0.39, 0.29) is 0 Å². The zero-order valence-corrected chi connectivity index (χ0v) is 26.7. The van der Waals surface area contributed by atoms with Gasteiger partial charge in [0.1, 0.15) is 0 Å². The van der Waals surface area contributed by atoms with E-state index in [0.717, 1.165) is 0 Å². The Kier molecular flexibility index (Phi) is 29.7. The Bertz CT molecular complexity index is 418. The Balaban J connectivity index is 1.61. The lowest BCUT2D eigenvalue weighted by molar-refractivity contribution is 0.236. The Morgan fingerprint density at radius 1 is 0.342 bits per heavy atom. The second-order valence-electron chi connectivity index (χ2n) is 12.8. The van der Waals surface area contributed by atoms with E-state index in [1.807, 2.05) is 0 Å². The Morgan fingerprint density at radius 3 is 0.842 bits per heavy atom. The highest BCUT2D eigenvalue weighted by molar-refractivity contribution is 4.67. The molecule has 0 bridgehead atoms. The molecule has 1 fully saturated rings. The molecule has 2 nitrogen and oxygen atoms in total. The molecule has 0 amide bonds. The summed E-state index contributed by atoms with van der Waals surface area (Å²) < 4.78 is 0. The van der Waals surface area contributed by atoms with Crippen molar-refractivity contribution in [2.75, 3.05) is 32.7 Å². The summed E-state index contributed by atoms with van der Waals surface area (Å²) in [5.41, 5.74) is 0. The molecule has 1 N–H and O–H groups in total. The second-order valence-corrected chi connectivity index (χ2v) is 12.8. The fourth-order valence-corrected chi connectivity index (χ4v) is 6.29. The van der Waals surface area contributed by atoms with Gasteiger partial charge >= 0.3 is 0 Å². The molecule has 2 heteroatoms. The van der Waals surface area contributed by atoms with Gasteiger partial charge in [-0.15, -0.1) is 0 Å². The SMILES string of the molecule is CCCCCCCCCCCCCCCCCCCCCCCCCCCCCCCCN1CCNCC1. The first-order chi connectivity index (χ1) is 18.9. The molecule has 0 unspecified atom stereocenters. The number of nitrogens with zero attached hydrogens (tertiary/aromatic N) is 1. The molecular weight excluding hydrogens is 460 g/mol. The second kappa shape index (κ2) is 31.4. The van der Waals surface area contributed by atoms with Crippen LogP contribution >= 0.6 is 0 Å². The first-order valence-corrected chi connectivity index (χ1v) is 18.4. The summed E-state index contributed by atoms with van der Waals surface area (Å²) in [6.07, 6.45) is 44.4. The molecule has 228 valence electrons. The van der Waals surface area contributed by atoms with Crippen LogP contribution in [0.25, 0.3) is 0 Å². The van der Waals surface area contributed by atoms with Crippen molar-refractivity contribution in [3.63, 3.8) is 0 Å². The van der Waals surface area contributed by atoms with E-state index in [2.05, 4.69) is 17.1 Å². The third-order valence-electron chi connectivity index (χ3n) is 9.04. The fourth-order valence-electron chi connectivity index (χ4n) is 6.29. The summed E-state index contributed by atoms with van der Waals surface area (Å²) in [7, 11) is 0. The molecule has 0 aromatic carbocycles. The summed E-state index contributed by atoms with van der Waals surface area (Å²) in [4.78, 5) is 2.64. The highest BCUT2D eigenvalue weighted by Gasteiger charge is 2.07. The maximum Gasteiger partial charge on any atom is 0.0107 e. The fraction of sp³-hybridized carbons (Fsp3) is 1.00. The smallest absolute Gasteiger partial charge is 0.0107 e. The van der Waals surface area contributed by atoms with Crippen LogP contribution in [-0.2, 0) is 0 Å². The standard InChI is InChI=1S/C36H74N2/c1-2-3-4-5-6-7-8-9-10-11-12-13-14-15-16-17-18-19-20-21-22-23-24-25-26-27-28-29-30-31-34-38-35-32-37-33-36-38/h37H,2-36H2,1H3. The van der Waals surface area contributed by atoms with Crippen molar-refractivity contribution in [2.45, 2.75) is 200 Å². The predicted molar refractivity (Wildman–Crippen MR) is 173 cm³/mol. The van der Waals surface area contributed by atoms with Gasteiger partial charge in [0.2, 0.25) is 0 Å². The number of rotatable bonds is 31. The van der Waals surface area contributed by atoms with Crippen LogP contribution in [-0.4, -0.2) is 37.6 Å². The van der Waals surface area contributed by atoms with Crippen molar-refractivity contribution in [3.05, 3.63) is 0 Å². The van der Waals surface area contributed by atoms with Gasteiger partial charge in [0.05, 0.1) is 0 Å². The lowest BCUT2D eigenvalue weighted by atomic mass is 10.0. The number of hydrogen-bond donors (Lipinski definition) is 1. The monoisotopic (exact) mass is 535 g/mol. The number of unbranched alkanes of at least 4 members (excludes halogenated alkanes) is 29. The van der Waals surface area contributed by atoms with Gasteiger partial charge in [0.15, 0.2) is 0 Å². The van der Waals surface area contributed by atoms with Gasteiger partial charge in [-0.2, -0.15) is 0 Å². The summed E-state index contributed by atoms with van der Waals surface area (Å²) in [6.45, 7) is 8.56. The number of hydrogen-bond acceptors (Lipinski definition) is 2. The zero-order valence-electron chi connectivity index (χ0n) is 26.7. The Morgan fingerprint density at radius 2 is 0.579 bits per heavy atom. The average molecular weight is 535 g/mol. The summed E-state index contributed by atoms with van der Waals surface area (Å²) in [5.74, 6) is 0. The maximum atomic E-state index is 3.45. The minimum Gasteiger partial charge on any atom is -0.314 e. The molecule has 1 rings (SSSR count). The first kappa shape index (κ1) is 35.9. The van der Waals surface area contributed by atoms with Gasteiger partial charge in [0, 0.05) is 26.2 Å². The molecule has 0 spiro atoms. The topological polar surface area (TPSA) is 15.3 Å². The van der Waals surface area contributed by atoms with E-state index < -0.39 is 0 Å². The van der Waals surface area contributed by atoms with Crippen LogP contribution in [0.2, 0.25) is 0 Å². The largest absolute Gasteiger partial charge is 0.314 e. The van der Waals surface area contributed by atoms with Crippen LogP contribution in [0, 0.1) is 0 Å². The van der Waals surface area contributed by atoms with E-state index in [0.29, 0.717) is 0 Å². The molecule has 1 heterocycles. The highest BCUT2D eigenvalue weighted by atomic mass is 15.2. The van der Waals surface area contributed by atoms with E-state index in [1.54, 1.807) is 0 Å². The van der Waals surface area contributed by atoms with Gasteiger partial charge < -0.3 is 10.2 Å². The zero-order chi connectivity index (χ0) is 27.0. The van der Waals surface area contributed by atoms with E-state index in [1.165, 1.54) is 225 Å². The van der Waals surface area contributed by atoms with E-state index in [4.69, 9.17) is 0 Å². The quantitative estimate of drug-likeness (QED) is 0.0889. The molecular formula is C36H74N2. The minimum atomic E-state index is 1.19. The van der Waals surface area contributed by atoms with Crippen LogP contribution in [0.3, 0.4) is 0 Å². The Labute approximate surface area is 242 Å². The van der Waals surface area contributed by atoms with Gasteiger partial charge in [-0.25, -0.2) is 0 Å². The Hall–Kier alpha value is -0.0800. The molecule has 38 heavy (non-hydrogen) atoms. The molecule has 0 aromatic heterocycles. The first-order valence-electron chi connectivity index (χ1n) is 18.4. The van der Waals surface area contributed by atoms with E-state index in [9.17, 15) is 0 Å². The van der Waals surface area contributed by atoms with Gasteiger partial charge in [-0.1, -0.05) is 193 Å². The predicted octanol–water partition coefficient (Wildman–Crippen LogP) is 11.6. The van der Waals surface area contributed by atoms with Crippen LogP contribution in [0.5, 0.6) is 0 Å². The lowest BCUT2D eigenvalue weighted by Gasteiger charge is -2.27. The minimum absolute atomic E-state index is 1.19. The average Bonchev–Trinajstić information content (AvgIpc) is 2.94. The van der Waals surface area contributed by atoms with Crippen molar-refractivity contribution in [3.8, 4) is 0 Å². The van der Waals surface area contributed by atoms with Crippen LogP contribution in [0.15, 0.2) is 0 Å². The van der Waals surface area contributed by atoms with Gasteiger partial charge in [-0.3, -0.25) is 0 Å². The molecule has 1 saturated heterocycles.